The second-order valence-electron chi connectivity index (χ2n) is 0.0583. The minimum atomic E-state index is 0. The van der Waals surface area contributed by atoms with E-state index in [0.29, 0.717) is 0 Å². The zero-order chi connectivity index (χ0) is 2.71. The normalized spacial score (nSPS) is 3.60. The van der Waals surface area contributed by atoms with Crippen molar-refractivity contribution in [2.24, 2.45) is 0 Å². The van der Waals surface area contributed by atoms with Gasteiger partial charge in [-0.25, -0.2) is 0 Å². The van der Waals surface area contributed by atoms with Gasteiger partial charge in [0.05, 0.1) is 0 Å². The van der Waals surface area contributed by atoms with Gasteiger partial charge in [-0.3, -0.25) is 0 Å². The number of rotatable bonds is 0. The van der Waals surface area contributed by atoms with Gasteiger partial charge in [0.25, 0.3) is 0 Å². The van der Waals surface area contributed by atoms with Gasteiger partial charge in [-0.05, 0) is 10.7 Å². The number of hydrogen-bond donors (Lipinski definition) is 0. The third kappa shape index (κ3) is 21.5. The third-order valence-electron chi connectivity index (χ3n) is 0. The summed E-state index contributed by atoms with van der Waals surface area (Å²) in [5, 5.41) is 0. The summed E-state index contributed by atoms with van der Waals surface area (Å²) in [6, 6.07) is 0. The molecule has 0 unspecified atom stereocenters. The van der Waals surface area contributed by atoms with Crippen LogP contribution in [0.5, 0.6) is 0 Å². The first-order chi connectivity index (χ1) is 1.41. The zero-order valence-corrected chi connectivity index (χ0v) is 7.24. The molecular formula is ClILiPS. The fourth-order valence-electron chi connectivity index (χ4n) is 0. The van der Waals surface area contributed by atoms with Crippen molar-refractivity contribution in [3.05, 3.63) is 0 Å². The average molecular weight is 232 g/mol. The Labute approximate surface area is 68.1 Å². The van der Waals surface area contributed by atoms with Crippen LogP contribution in [-0.2, 0) is 0 Å². The molecule has 0 heterocycles. The number of hydrogen-bond acceptors (Lipinski definition) is 1. The van der Waals surface area contributed by atoms with Crippen LogP contribution in [-0.4, -0.2) is 18.9 Å². The summed E-state index contributed by atoms with van der Waals surface area (Å²) >= 11 is 1.97. The van der Waals surface area contributed by atoms with Crippen molar-refractivity contribution in [1.29, 1.82) is 0 Å². The zero-order valence-electron chi connectivity index (χ0n) is 2.61. The number of halogens is 2. The average Bonchev–Trinajstić information content (AvgIpc) is 0.918. The molecule has 0 spiro atoms. The van der Waals surface area contributed by atoms with E-state index in [1.165, 1.54) is 8.15 Å². The van der Waals surface area contributed by atoms with Crippen molar-refractivity contribution in [2.75, 3.05) is 0 Å². The topological polar surface area (TPSA) is 0 Å². The smallest absolute Gasteiger partial charge is 0.0177 e. The first kappa shape index (κ1) is 15.7. The summed E-state index contributed by atoms with van der Waals surface area (Å²) in [4.78, 5) is 0. The standard InChI is InChI=1S/ClIS.Li.P/c1-3-2;;. The predicted octanol–water partition coefficient (Wildman–Crippen LogP) is 2.70. The molecule has 5 heavy (non-hydrogen) atoms. The summed E-state index contributed by atoms with van der Waals surface area (Å²) in [6.45, 7) is 0. The van der Waals surface area contributed by atoms with Gasteiger partial charge in [-0.15, -0.1) is 0 Å². The molecule has 26 valence electrons. The van der Waals surface area contributed by atoms with Gasteiger partial charge in [-0.2, -0.15) is 0 Å². The molecule has 0 aliphatic rings. The molecule has 0 saturated heterocycles. The minimum Gasteiger partial charge on any atom is -0.0323 e. The molecule has 0 N–H and O–H groups in total. The van der Waals surface area contributed by atoms with Gasteiger partial charge < -0.3 is 0 Å². The van der Waals surface area contributed by atoms with Gasteiger partial charge >= 0.3 is 0 Å². The van der Waals surface area contributed by atoms with Crippen LogP contribution in [0.25, 0.3) is 0 Å². The van der Waals surface area contributed by atoms with Crippen LogP contribution in [0.1, 0.15) is 0 Å². The van der Waals surface area contributed by atoms with Crippen molar-refractivity contribution in [3.8, 4) is 0 Å². The second-order valence-corrected chi connectivity index (χ2v) is 3.52. The molecule has 0 fully saturated rings. The van der Waals surface area contributed by atoms with Crippen molar-refractivity contribution < 1.29 is 0 Å². The monoisotopic (exact) mass is 232 g/mol. The van der Waals surface area contributed by atoms with E-state index >= 15 is 0 Å². The van der Waals surface area contributed by atoms with E-state index < -0.39 is 0 Å². The van der Waals surface area contributed by atoms with E-state index in [0.717, 1.165) is 0 Å². The molecule has 5 heteroatoms. The second kappa shape index (κ2) is 16.1. The third-order valence-corrected chi connectivity index (χ3v) is 0. The summed E-state index contributed by atoms with van der Waals surface area (Å²) < 4.78 is 0. The summed E-state index contributed by atoms with van der Waals surface area (Å²) in [5.74, 6) is 0. The molecule has 0 bridgehead atoms. The fourth-order valence-corrected chi connectivity index (χ4v) is 0. The molecule has 0 nitrogen and oxygen atoms in total. The van der Waals surface area contributed by atoms with E-state index in [9.17, 15) is 0 Å². The van der Waals surface area contributed by atoms with E-state index in [-0.39, 0.29) is 28.8 Å². The molecule has 0 aliphatic heterocycles. The first-order valence-electron chi connectivity index (χ1n) is 0.309. The summed E-state index contributed by atoms with van der Waals surface area (Å²) in [6.07, 6.45) is 0. The largest absolute Gasteiger partial charge is 0.0323 e. The molecule has 0 aromatic rings. The van der Waals surface area contributed by atoms with E-state index in [1.54, 1.807) is 0 Å². The Morgan fingerprint density at radius 2 is 1.60 bits per heavy atom. The molecule has 0 aromatic carbocycles. The Bertz CT molecular complexity index is 11.6. The van der Waals surface area contributed by atoms with Gasteiger partial charge in [0, 0.05) is 58.1 Å². The molecule has 0 amide bonds. The molecular weight excluding hydrogens is 232 g/mol. The quantitative estimate of drug-likeness (QED) is 0.351. The van der Waals surface area contributed by atoms with Crippen LogP contribution >= 0.6 is 49.9 Å². The van der Waals surface area contributed by atoms with Gasteiger partial charge in [0.2, 0.25) is 0 Å². The van der Waals surface area contributed by atoms with E-state index in [1.807, 2.05) is 21.2 Å². The maximum Gasteiger partial charge on any atom is 0.0177 e. The fraction of sp³-hybridized carbons (Fsp3) is 0. The summed E-state index contributed by atoms with van der Waals surface area (Å²) in [5.41, 5.74) is 0. The summed E-state index contributed by atoms with van der Waals surface area (Å²) in [7, 11) is 6.09. The van der Waals surface area contributed by atoms with Crippen molar-refractivity contribution in [3.63, 3.8) is 0 Å². The Balaban J connectivity index is -0.0000000200. The van der Waals surface area contributed by atoms with Crippen LogP contribution in [0.4, 0.5) is 0 Å². The van der Waals surface area contributed by atoms with E-state index in [4.69, 9.17) is 10.7 Å². The first-order valence-corrected chi connectivity index (χ1v) is 4.49. The van der Waals surface area contributed by atoms with Gasteiger partial charge in [0.1, 0.15) is 0 Å². The Kier molecular flexibility index (Phi) is 50.6. The van der Waals surface area contributed by atoms with Crippen LogP contribution in [0, 0.1) is 0 Å². The van der Waals surface area contributed by atoms with Gasteiger partial charge in [-0.1, -0.05) is 0 Å². The molecule has 0 aromatic heterocycles. The molecule has 4 radical (unpaired) electrons. The van der Waals surface area contributed by atoms with Crippen molar-refractivity contribution in [1.82, 2.24) is 0 Å². The van der Waals surface area contributed by atoms with Crippen LogP contribution < -0.4 is 0 Å². The van der Waals surface area contributed by atoms with Crippen LogP contribution in [0.15, 0.2) is 0 Å². The van der Waals surface area contributed by atoms with Crippen LogP contribution in [0.3, 0.4) is 0 Å². The molecule has 0 rings (SSSR count). The van der Waals surface area contributed by atoms with Crippen molar-refractivity contribution >= 4 is 68.8 Å². The maximum absolute atomic E-state index is 4.90. The Morgan fingerprint density at radius 1 is 1.60 bits per heavy atom. The van der Waals surface area contributed by atoms with Crippen molar-refractivity contribution in [2.45, 2.75) is 0 Å². The Hall–Kier alpha value is 2.40. The molecule has 0 saturated carbocycles. The SMILES string of the molecule is ClSI.[Li].[P]. The van der Waals surface area contributed by atoms with E-state index in [2.05, 4.69) is 0 Å². The van der Waals surface area contributed by atoms with Gasteiger partial charge in [0.15, 0.2) is 0 Å². The minimum absolute atomic E-state index is 0. The molecule has 0 atom stereocenters. The maximum atomic E-state index is 4.90. The Morgan fingerprint density at radius 3 is 1.60 bits per heavy atom. The molecule has 0 aliphatic carbocycles. The van der Waals surface area contributed by atoms with Crippen LogP contribution in [0.2, 0.25) is 0 Å². The predicted molar refractivity (Wildman–Crippen MR) is 40.1 cm³/mol.